The van der Waals surface area contributed by atoms with Crippen molar-refractivity contribution in [2.75, 3.05) is 6.61 Å². The highest BCUT2D eigenvalue weighted by Gasteiger charge is 2.25. The van der Waals surface area contributed by atoms with Crippen LogP contribution in [0.1, 0.15) is 23.1 Å². The van der Waals surface area contributed by atoms with Crippen LogP contribution in [0, 0.1) is 6.92 Å². The lowest BCUT2D eigenvalue weighted by molar-refractivity contribution is -0.148. The van der Waals surface area contributed by atoms with Crippen LogP contribution in [-0.4, -0.2) is 41.6 Å². The Morgan fingerprint density at radius 2 is 1.56 bits per heavy atom. The lowest BCUT2D eigenvalue weighted by atomic mass is 9.98. The molecule has 0 saturated carbocycles. The Hall–Kier alpha value is -4.20. The number of hydrogen-bond donors (Lipinski definition) is 2. The van der Waals surface area contributed by atoms with Gasteiger partial charge in [0.25, 0.3) is 0 Å². The third-order valence-corrected chi connectivity index (χ3v) is 5.21. The van der Waals surface area contributed by atoms with Crippen molar-refractivity contribution in [2.45, 2.75) is 32.4 Å². The van der Waals surface area contributed by atoms with Gasteiger partial charge in [-0.3, -0.25) is 14.4 Å². The highest BCUT2D eigenvalue weighted by Crippen LogP contribution is 2.23. The number of aryl methyl sites for hydroxylation is 1. The highest BCUT2D eigenvalue weighted by atomic mass is 16.5. The summed E-state index contributed by atoms with van der Waals surface area (Å²) in [4.78, 5) is 48.1. The number of carboxylic acid groups (broad SMARTS) is 1. The average molecular weight is 463 g/mol. The van der Waals surface area contributed by atoms with E-state index in [1.807, 2.05) is 49.4 Å². The predicted molar refractivity (Wildman–Crippen MR) is 124 cm³/mol. The molecule has 8 nitrogen and oxygen atoms in total. The fourth-order valence-electron chi connectivity index (χ4n) is 3.45. The minimum absolute atomic E-state index is 0.0415. The number of carbonyl (C=O) groups excluding carboxylic acids is 3. The van der Waals surface area contributed by atoms with Crippen molar-refractivity contribution < 1.29 is 33.8 Å². The van der Waals surface area contributed by atoms with Crippen LogP contribution < -0.4 is 5.32 Å². The molecule has 176 valence electrons. The number of alkyl carbamates (subject to hydrolysis) is 1. The molecule has 0 aliphatic carbocycles. The van der Waals surface area contributed by atoms with Crippen LogP contribution in [0.3, 0.4) is 0 Å². The van der Waals surface area contributed by atoms with Crippen molar-refractivity contribution in [1.29, 1.82) is 0 Å². The summed E-state index contributed by atoms with van der Waals surface area (Å²) in [6.07, 6.45) is -1.66. The molecule has 0 bridgehead atoms. The topological polar surface area (TPSA) is 119 Å². The maximum atomic E-state index is 12.5. The molecule has 1 atom stereocenters. The molecule has 0 aromatic heterocycles. The molecule has 3 aromatic carbocycles. The maximum Gasteiger partial charge on any atom is 0.408 e. The van der Waals surface area contributed by atoms with Crippen LogP contribution in [0.4, 0.5) is 4.79 Å². The van der Waals surface area contributed by atoms with E-state index < -0.39 is 42.9 Å². The molecule has 0 aliphatic rings. The zero-order chi connectivity index (χ0) is 24.5. The molecule has 8 heteroatoms. The van der Waals surface area contributed by atoms with Gasteiger partial charge in [0.1, 0.15) is 12.6 Å². The third kappa shape index (κ3) is 6.90. The van der Waals surface area contributed by atoms with Crippen LogP contribution >= 0.6 is 0 Å². The van der Waals surface area contributed by atoms with Crippen LogP contribution in [-0.2, 0) is 36.9 Å². The number of aliphatic carboxylic acids is 1. The number of carbonyl (C=O) groups is 4. The monoisotopic (exact) mass is 463 g/mol. The molecule has 0 heterocycles. The van der Waals surface area contributed by atoms with Gasteiger partial charge in [0.15, 0.2) is 12.4 Å². The number of nitrogens with one attached hydrogen (secondary N) is 1. The average Bonchev–Trinajstić information content (AvgIpc) is 2.83. The number of carboxylic acids is 1. The van der Waals surface area contributed by atoms with Gasteiger partial charge in [-0.15, -0.1) is 0 Å². The van der Waals surface area contributed by atoms with Crippen molar-refractivity contribution in [3.8, 4) is 0 Å². The van der Waals surface area contributed by atoms with E-state index in [0.717, 1.165) is 27.5 Å². The standard InChI is InChI=1S/C26H25NO7/c1-17-11-12-19(21-10-6-5-9-20(17)21)13-25(31)33-16-23(28)22(14-24(29)30)27-26(32)34-15-18-7-3-2-4-8-18/h2-12,22H,13-16H2,1H3,(H,27,32)(H,29,30). The summed E-state index contributed by atoms with van der Waals surface area (Å²) in [5.41, 5.74) is 2.56. The molecular formula is C26H25NO7. The second-order valence-electron chi connectivity index (χ2n) is 7.75. The molecule has 0 radical (unpaired) electrons. The zero-order valence-electron chi connectivity index (χ0n) is 18.7. The Labute approximate surface area is 196 Å². The molecule has 34 heavy (non-hydrogen) atoms. The summed E-state index contributed by atoms with van der Waals surface area (Å²) >= 11 is 0. The lowest BCUT2D eigenvalue weighted by Crippen LogP contribution is -2.44. The van der Waals surface area contributed by atoms with Gasteiger partial charge in [0.05, 0.1) is 12.8 Å². The second kappa shape index (κ2) is 11.6. The van der Waals surface area contributed by atoms with Crippen molar-refractivity contribution in [3.63, 3.8) is 0 Å². The number of Topliss-reactive ketones (excluding diaryl/α,β-unsaturated/α-hetero) is 1. The Bertz CT molecular complexity index is 1190. The van der Waals surface area contributed by atoms with Gasteiger partial charge in [-0.05, 0) is 34.4 Å². The van der Waals surface area contributed by atoms with Crippen molar-refractivity contribution in [1.82, 2.24) is 5.32 Å². The summed E-state index contributed by atoms with van der Waals surface area (Å²) in [7, 11) is 0. The minimum Gasteiger partial charge on any atom is -0.481 e. The van der Waals surface area contributed by atoms with Gasteiger partial charge in [-0.25, -0.2) is 4.79 Å². The number of ketones is 1. The molecule has 0 aliphatic heterocycles. The number of amides is 1. The van der Waals surface area contributed by atoms with E-state index in [1.165, 1.54) is 0 Å². The van der Waals surface area contributed by atoms with Crippen molar-refractivity contribution >= 4 is 34.6 Å². The summed E-state index contributed by atoms with van der Waals surface area (Å²) < 4.78 is 10.1. The van der Waals surface area contributed by atoms with Crippen LogP contribution in [0.2, 0.25) is 0 Å². The van der Waals surface area contributed by atoms with E-state index in [4.69, 9.17) is 14.6 Å². The van der Waals surface area contributed by atoms with Gasteiger partial charge in [-0.2, -0.15) is 0 Å². The molecule has 0 fully saturated rings. The van der Waals surface area contributed by atoms with Crippen molar-refractivity contribution in [2.24, 2.45) is 0 Å². The molecule has 0 spiro atoms. The Morgan fingerprint density at radius 3 is 2.26 bits per heavy atom. The molecule has 0 saturated heterocycles. The zero-order valence-corrected chi connectivity index (χ0v) is 18.7. The highest BCUT2D eigenvalue weighted by molar-refractivity contribution is 5.94. The fraction of sp³-hybridized carbons (Fsp3) is 0.231. The van der Waals surface area contributed by atoms with E-state index in [2.05, 4.69) is 5.32 Å². The fourth-order valence-corrected chi connectivity index (χ4v) is 3.45. The van der Waals surface area contributed by atoms with E-state index in [1.54, 1.807) is 24.3 Å². The van der Waals surface area contributed by atoms with Gasteiger partial charge in [-0.1, -0.05) is 66.7 Å². The van der Waals surface area contributed by atoms with Crippen LogP contribution in [0.25, 0.3) is 10.8 Å². The van der Waals surface area contributed by atoms with E-state index in [9.17, 15) is 19.2 Å². The normalized spacial score (nSPS) is 11.4. The molecule has 1 amide bonds. The Balaban J connectivity index is 1.55. The summed E-state index contributed by atoms with van der Waals surface area (Å²) in [5.74, 6) is -2.68. The molecule has 1 unspecified atom stereocenters. The number of rotatable bonds is 10. The summed E-state index contributed by atoms with van der Waals surface area (Å²) in [6, 6.07) is 18.9. The van der Waals surface area contributed by atoms with E-state index >= 15 is 0 Å². The quantitative estimate of drug-likeness (QED) is 0.441. The van der Waals surface area contributed by atoms with Gasteiger partial charge in [0, 0.05) is 0 Å². The van der Waals surface area contributed by atoms with Crippen molar-refractivity contribution in [3.05, 3.63) is 83.4 Å². The van der Waals surface area contributed by atoms with Gasteiger partial charge < -0.3 is 19.9 Å². The number of ether oxygens (including phenoxy) is 2. The smallest absolute Gasteiger partial charge is 0.408 e. The number of esters is 1. The number of fused-ring (bicyclic) bond motifs is 1. The first-order valence-corrected chi connectivity index (χ1v) is 10.7. The number of benzene rings is 3. The van der Waals surface area contributed by atoms with E-state index in [0.29, 0.717) is 0 Å². The summed E-state index contributed by atoms with van der Waals surface area (Å²) in [5, 5.41) is 13.3. The third-order valence-electron chi connectivity index (χ3n) is 5.21. The van der Waals surface area contributed by atoms with Gasteiger partial charge >= 0.3 is 18.0 Å². The van der Waals surface area contributed by atoms with E-state index in [-0.39, 0.29) is 13.0 Å². The largest absolute Gasteiger partial charge is 0.481 e. The second-order valence-corrected chi connectivity index (χ2v) is 7.75. The lowest BCUT2D eigenvalue weighted by Gasteiger charge is -2.16. The first-order chi connectivity index (χ1) is 16.3. The Kier molecular flexibility index (Phi) is 8.34. The number of hydrogen-bond acceptors (Lipinski definition) is 6. The molecular weight excluding hydrogens is 438 g/mol. The summed E-state index contributed by atoms with van der Waals surface area (Å²) in [6.45, 7) is 1.27. The van der Waals surface area contributed by atoms with Crippen LogP contribution in [0.15, 0.2) is 66.7 Å². The minimum atomic E-state index is -1.39. The maximum absolute atomic E-state index is 12.5. The first-order valence-electron chi connectivity index (χ1n) is 10.7. The molecule has 3 aromatic rings. The van der Waals surface area contributed by atoms with Gasteiger partial charge in [0.2, 0.25) is 0 Å². The SMILES string of the molecule is Cc1ccc(CC(=O)OCC(=O)C(CC(=O)O)NC(=O)OCc2ccccc2)c2ccccc12. The predicted octanol–water partition coefficient (Wildman–Crippen LogP) is 3.57. The molecule has 3 rings (SSSR count). The first kappa shape index (κ1) is 24.4. The molecule has 2 N–H and O–H groups in total. The Morgan fingerprint density at radius 1 is 0.882 bits per heavy atom. The van der Waals surface area contributed by atoms with Crippen LogP contribution in [0.5, 0.6) is 0 Å².